The lowest BCUT2D eigenvalue weighted by Gasteiger charge is -2.28. The molecule has 0 atom stereocenters. The van der Waals surface area contributed by atoms with Crippen molar-refractivity contribution in [3.05, 3.63) is 35.9 Å². The van der Waals surface area contributed by atoms with Gasteiger partial charge in [0.2, 0.25) is 5.91 Å². The second-order valence-electron chi connectivity index (χ2n) is 8.13. The highest BCUT2D eigenvalue weighted by Gasteiger charge is 2.24. The summed E-state index contributed by atoms with van der Waals surface area (Å²) in [5.74, 6) is 0.971. The molecule has 3 heterocycles. The Bertz CT molecular complexity index is 1060. The molecular weight excluding hydrogens is 425 g/mol. The molecule has 0 aliphatic carbocycles. The van der Waals surface area contributed by atoms with Crippen molar-refractivity contribution in [3.8, 4) is 11.3 Å². The first-order valence-corrected chi connectivity index (χ1v) is 11.7. The normalized spacial score (nSPS) is 14.1. The fraction of sp³-hybridized carbons (Fsp3) is 0.500. The Morgan fingerprint density at radius 1 is 1.18 bits per heavy atom. The highest BCUT2D eigenvalue weighted by Crippen LogP contribution is 2.35. The van der Waals surface area contributed by atoms with Crippen LogP contribution in [0.1, 0.15) is 44.9 Å². The van der Waals surface area contributed by atoms with Crippen molar-refractivity contribution in [2.24, 2.45) is 0 Å². The number of hydrogen-bond acceptors (Lipinski definition) is 7. The van der Waals surface area contributed by atoms with Gasteiger partial charge in [-0.15, -0.1) is 0 Å². The van der Waals surface area contributed by atoms with Gasteiger partial charge >= 0.3 is 0 Å². The van der Waals surface area contributed by atoms with E-state index in [0.29, 0.717) is 49.8 Å². The number of piperidine rings is 1. The summed E-state index contributed by atoms with van der Waals surface area (Å²) in [6.45, 7) is 5.63. The van der Waals surface area contributed by atoms with E-state index in [-0.39, 0.29) is 11.7 Å². The summed E-state index contributed by atoms with van der Waals surface area (Å²) in [6.07, 6.45) is 4.84. The number of carbonyl (C=O) groups excluding carboxylic acids is 1. The first-order chi connectivity index (χ1) is 16.2. The van der Waals surface area contributed by atoms with Gasteiger partial charge in [-0.05, 0) is 56.9 Å². The predicted octanol–water partition coefficient (Wildman–Crippen LogP) is 3.89. The van der Waals surface area contributed by atoms with Gasteiger partial charge in [0.1, 0.15) is 28.5 Å². The number of aryl methyl sites for hydroxylation is 1. The van der Waals surface area contributed by atoms with E-state index in [4.69, 9.17) is 14.2 Å². The molecule has 4 rings (SSSR count). The molecule has 8 nitrogen and oxygen atoms in total. The van der Waals surface area contributed by atoms with E-state index in [9.17, 15) is 9.18 Å². The van der Waals surface area contributed by atoms with E-state index >= 15 is 0 Å². The molecule has 1 N–H and O–H groups in total. The van der Waals surface area contributed by atoms with Crippen LogP contribution < -0.4 is 10.2 Å². The van der Waals surface area contributed by atoms with Gasteiger partial charge in [0, 0.05) is 51.3 Å². The van der Waals surface area contributed by atoms with Crippen molar-refractivity contribution in [2.45, 2.75) is 45.4 Å². The molecule has 3 aromatic rings. The van der Waals surface area contributed by atoms with Gasteiger partial charge in [0.15, 0.2) is 0 Å². The van der Waals surface area contributed by atoms with E-state index in [1.165, 1.54) is 18.6 Å². The number of aromatic nitrogens is 3. The first-order valence-electron chi connectivity index (χ1n) is 11.7. The zero-order valence-electron chi connectivity index (χ0n) is 19.0. The quantitative estimate of drug-likeness (QED) is 0.464. The lowest BCUT2D eigenvalue weighted by atomic mass is 10.1. The highest BCUT2D eigenvalue weighted by atomic mass is 19.1. The Kier molecular flexibility index (Phi) is 7.83. The number of hydrogen-bond donors (Lipinski definition) is 1. The Balaban J connectivity index is 1.55. The predicted molar refractivity (Wildman–Crippen MR) is 123 cm³/mol. The summed E-state index contributed by atoms with van der Waals surface area (Å²) in [6, 6.07) is 6.16. The van der Waals surface area contributed by atoms with Crippen molar-refractivity contribution in [1.82, 2.24) is 20.4 Å². The molecule has 1 saturated heterocycles. The number of fused-ring (bicyclic) bond motifs is 1. The second kappa shape index (κ2) is 11.2. The van der Waals surface area contributed by atoms with Gasteiger partial charge < -0.3 is 19.5 Å². The molecule has 1 aliphatic rings. The summed E-state index contributed by atoms with van der Waals surface area (Å²) in [7, 11) is 0. The summed E-state index contributed by atoms with van der Waals surface area (Å²) in [5, 5.41) is 7.87. The number of anilines is 1. The summed E-state index contributed by atoms with van der Waals surface area (Å²) >= 11 is 0. The van der Waals surface area contributed by atoms with Crippen LogP contribution in [-0.2, 0) is 16.0 Å². The van der Waals surface area contributed by atoms with Crippen molar-refractivity contribution in [3.63, 3.8) is 0 Å². The van der Waals surface area contributed by atoms with Crippen LogP contribution in [0.3, 0.4) is 0 Å². The van der Waals surface area contributed by atoms with Crippen LogP contribution in [0.25, 0.3) is 22.4 Å². The SMILES string of the molecule is CCOCCCNC(=O)CCc1nc(N2CCCCC2)c2c(-c3ccc(F)cc3)noc2n1. The van der Waals surface area contributed by atoms with Crippen molar-refractivity contribution < 1.29 is 18.4 Å². The molecule has 0 spiro atoms. The van der Waals surface area contributed by atoms with E-state index in [1.54, 1.807) is 12.1 Å². The van der Waals surface area contributed by atoms with E-state index in [0.717, 1.165) is 49.1 Å². The zero-order valence-corrected chi connectivity index (χ0v) is 19.0. The Morgan fingerprint density at radius 2 is 1.97 bits per heavy atom. The average molecular weight is 456 g/mol. The molecule has 1 aromatic carbocycles. The lowest BCUT2D eigenvalue weighted by Crippen LogP contribution is -2.31. The average Bonchev–Trinajstić information content (AvgIpc) is 3.27. The summed E-state index contributed by atoms with van der Waals surface area (Å²) in [5.41, 5.74) is 1.73. The number of nitrogens with zero attached hydrogens (tertiary/aromatic N) is 4. The van der Waals surface area contributed by atoms with Crippen LogP contribution in [0.5, 0.6) is 0 Å². The van der Waals surface area contributed by atoms with Gasteiger partial charge in [0.25, 0.3) is 5.71 Å². The molecule has 1 fully saturated rings. The minimum atomic E-state index is -0.308. The fourth-order valence-corrected chi connectivity index (χ4v) is 3.99. The largest absolute Gasteiger partial charge is 0.382 e. The molecule has 1 aliphatic heterocycles. The van der Waals surface area contributed by atoms with Crippen molar-refractivity contribution >= 4 is 22.8 Å². The molecule has 0 radical (unpaired) electrons. The summed E-state index contributed by atoms with van der Waals surface area (Å²) in [4.78, 5) is 23.8. The third-order valence-corrected chi connectivity index (χ3v) is 5.70. The van der Waals surface area contributed by atoms with Crippen LogP contribution in [0.2, 0.25) is 0 Å². The number of nitrogens with one attached hydrogen (secondary N) is 1. The molecule has 1 amide bonds. The number of halogens is 1. The van der Waals surface area contributed by atoms with E-state index in [1.807, 2.05) is 6.92 Å². The van der Waals surface area contributed by atoms with Gasteiger partial charge in [-0.1, -0.05) is 5.16 Å². The third kappa shape index (κ3) is 5.84. The zero-order chi connectivity index (χ0) is 23.0. The standard InChI is InChI=1S/C24H30FN5O3/c1-2-32-16-6-13-26-20(31)12-11-19-27-23(30-14-4-3-5-15-30)21-22(29-33-24(21)28-19)17-7-9-18(25)10-8-17/h7-10H,2-6,11-16H2,1H3,(H,26,31). The molecule has 9 heteroatoms. The first kappa shape index (κ1) is 23.1. The minimum absolute atomic E-state index is 0.0423. The molecule has 0 saturated carbocycles. The maximum Gasteiger partial charge on any atom is 0.263 e. The number of amides is 1. The Labute approximate surface area is 192 Å². The van der Waals surface area contributed by atoms with Gasteiger partial charge in [0.05, 0.1) is 0 Å². The lowest BCUT2D eigenvalue weighted by molar-refractivity contribution is -0.121. The maximum absolute atomic E-state index is 13.4. The molecule has 0 unspecified atom stereocenters. The molecule has 33 heavy (non-hydrogen) atoms. The third-order valence-electron chi connectivity index (χ3n) is 5.70. The highest BCUT2D eigenvalue weighted by molar-refractivity contribution is 5.98. The fourth-order valence-electron chi connectivity index (χ4n) is 3.99. The van der Waals surface area contributed by atoms with Crippen LogP contribution in [-0.4, -0.2) is 53.9 Å². The van der Waals surface area contributed by atoms with E-state index in [2.05, 4.69) is 20.4 Å². The molecule has 176 valence electrons. The minimum Gasteiger partial charge on any atom is -0.382 e. The molecular formula is C24H30FN5O3. The maximum atomic E-state index is 13.4. The summed E-state index contributed by atoms with van der Waals surface area (Å²) < 4.78 is 24.3. The smallest absolute Gasteiger partial charge is 0.263 e. The van der Waals surface area contributed by atoms with Gasteiger partial charge in [-0.3, -0.25) is 4.79 Å². The molecule has 2 aromatic heterocycles. The van der Waals surface area contributed by atoms with Gasteiger partial charge in [-0.25, -0.2) is 9.37 Å². The number of ether oxygens (including phenoxy) is 1. The van der Waals surface area contributed by atoms with Crippen LogP contribution in [0, 0.1) is 5.82 Å². The monoisotopic (exact) mass is 455 g/mol. The van der Waals surface area contributed by atoms with Crippen LogP contribution >= 0.6 is 0 Å². The number of carbonyl (C=O) groups is 1. The Morgan fingerprint density at radius 3 is 2.73 bits per heavy atom. The second-order valence-corrected chi connectivity index (χ2v) is 8.13. The number of benzene rings is 1. The van der Waals surface area contributed by atoms with Crippen LogP contribution in [0.4, 0.5) is 10.2 Å². The van der Waals surface area contributed by atoms with E-state index < -0.39 is 0 Å². The van der Waals surface area contributed by atoms with Gasteiger partial charge in [-0.2, -0.15) is 4.98 Å². The van der Waals surface area contributed by atoms with Crippen molar-refractivity contribution in [1.29, 1.82) is 0 Å². The van der Waals surface area contributed by atoms with Crippen LogP contribution in [0.15, 0.2) is 28.8 Å². The Hall–Kier alpha value is -3.07. The van der Waals surface area contributed by atoms with Crippen molar-refractivity contribution in [2.75, 3.05) is 37.7 Å². The molecule has 0 bridgehead atoms. The topological polar surface area (TPSA) is 93.4 Å². The number of rotatable bonds is 10.